The van der Waals surface area contributed by atoms with E-state index in [4.69, 9.17) is 4.74 Å². The maximum atomic E-state index is 12.7. The minimum Gasteiger partial charge on any atom is -0.444 e. The van der Waals surface area contributed by atoms with E-state index in [9.17, 15) is 9.59 Å². The standard InChI is InChI=1S/C18H23N5O3/c1-17(2,3)26-16(25)21-12-6-18(7-12)10-22(11-18)15(24)13-8-20-23-5-4-19-9-14(13)23/h4-5,8-9,12H,6-7,10-11H2,1-3H3,(H,21,25). The summed E-state index contributed by atoms with van der Waals surface area (Å²) in [5.41, 5.74) is 0.942. The molecule has 0 atom stereocenters. The summed E-state index contributed by atoms with van der Waals surface area (Å²) >= 11 is 0. The van der Waals surface area contributed by atoms with Gasteiger partial charge >= 0.3 is 6.09 Å². The third kappa shape index (κ3) is 3.00. The lowest BCUT2D eigenvalue weighted by Crippen LogP contribution is -2.67. The van der Waals surface area contributed by atoms with Crippen molar-refractivity contribution in [2.75, 3.05) is 13.1 Å². The minimum atomic E-state index is -0.492. The second-order valence-electron chi connectivity index (χ2n) is 8.38. The first-order chi connectivity index (χ1) is 12.2. The zero-order chi connectivity index (χ0) is 18.5. The van der Waals surface area contributed by atoms with Crippen LogP contribution in [-0.4, -0.2) is 56.2 Å². The van der Waals surface area contributed by atoms with E-state index in [0.717, 1.165) is 31.4 Å². The van der Waals surface area contributed by atoms with E-state index in [1.54, 1.807) is 29.3 Å². The fraction of sp³-hybridized carbons (Fsp3) is 0.556. The number of ether oxygens (including phenoxy) is 1. The first-order valence-electron chi connectivity index (χ1n) is 8.81. The van der Waals surface area contributed by atoms with Crippen LogP contribution in [-0.2, 0) is 4.74 Å². The fourth-order valence-electron chi connectivity index (χ4n) is 3.90. The molecule has 3 heterocycles. The molecule has 0 bridgehead atoms. The molecule has 0 unspecified atom stereocenters. The number of alkyl carbamates (subject to hydrolysis) is 1. The second-order valence-corrected chi connectivity index (χ2v) is 8.38. The highest BCUT2D eigenvalue weighted by Gasteiger charge is 2.54. The van der Waals surface area contributed by atoms with E-state index in [1.807, 2.05) is 25.7 Å². The number of likely N-dealkylation sites (tertiary alicyclic amines) is 1. The molecule has 8 heteroatoms. The van der Waals surface area contributed by atoms with Gasteiger partial charge in [0.05, 0.1) is 23.5 Å². The molecule has 2 aromatic heterocycles. The molecule has 8 nitrogen and oxygen atoms in total. The SMILES string of the molecule is CC(C)(C)OC(=O)NC1CC2(C1)CN(C(=O)c1cnn3ccncc13)C2. The number of carbonyl (C=O) groups excluding carboxylic acids is 2. The zero-order valence-electron chi connectivity index (χ0n) is 15.2. The average Bonchev–Trinajstić information content (AvgIpc) is 2.89. The van der Waals surface area contributed by atoms with E-state index in [0.29, 0.717) is 5.56 Å². The topological polar surface area (TPSA) is 88.8 Å². The van der Waals surface area contributed by atoms with Gasteiger partial charge in [0.1, 0.15) is 5.60 Å². The largest absolute Gasteiger partial charge is 0.444 e. The van der Waals surface area contributed by atoms with E-state index < -0.39 is 5.60 Å². The maximum absolute atomic E-state index is 12.7. The minimum absolute atomic E-state index is 0.0119. The number of amides is 2. The Morgan fingerprint density at radius 1 is 1.27 bits per heavy atom. The summed E-state index contributed by atoms with van der Waals surface area (Å²) in [5, 5.41) is 7.10. The highest BCUT2D eigenvalue weighted by molar-refractivity contribution is 6.00. The van der Waals surface area contributed by atoms with Gasteiger partial charge in [-0.3, -0.25) is 9.78 Å². The maximum Gasteiger partial charge on any atom is 0.407 e. The fourth-order valence-corrected chi connectivity index (χ4v) is 3.90. The van der Waals surface area contributed by atoms with Crippen LogP contribution in [0.4, 0.5) is 4.79 Å². The van der Waals surface area contributed by atoms with Crippen molar-refractivity contribution in [1.29, 1.82) is 0 Å². The highest BCUT2D eigenvalue weighted by atomic mass is 16.6. The molecule has 2 fully saturated rings. The number of nitrogens with one attached hydrogen (secondary N) is 1. The number of hydrogen-bond donors (Lipinski definition) is 1. The number of hydrogen-bond acceptors (Lipinski definition) is 5. The van der Waals surface area contributed by atoms with Gasteiger partial charge < -0.3 is 15.0 Å². The summed E-state index contributed by atoms with van der Waals surface area (Å²) in [5.74, 6) is -0.0119. The highest BCUT2D eigenvalue weighted by Crippen LogP contribution is 2.48. The Balaban J connectivity index is 1.30. The molecule has 1 saturated heterocycles. The lowest BCUT2D eigenvalue weighted by atomic mass is 9.60. The molecule has 1 saturated carbocycles. The molecule has 0 aromatic carbocycles. The van der Waals surface area contributed by atoms with Crippen LogP contribution >= 0.6 is 0 Å². The third-order valence-corrected chi connectivity index (χ3v) is 4.97. The molecular formula is C18H23N5O3. The van der Waals surface area contributed by atoms with Crippen LogP contribution < -0.4 is 5.32 Å². The van der Waals surface area contributed by atoms with Crippen molar-refractivity contribution in [2.45, 2.75) is 45.3 Å². The molecule has 2 aliphatic rings. The lowest BCUT2D eigenvalue weighted by molar-refractivity contribution is -0.0620. The van der Waals surface area contributed by atoms with Gasteiger partial charge in [-0.2, -0.15) is 5.10 Å². The van der Waals surface area contributed by atoms with Crippen molar-refractivity contribution < 1.29 is 14.3 Å². The van der Waals surface area contributed by atoms with Crippen LogP contribution in [0.3, 0.4) is 0 Å². The van der Waals surface area contributed by atoms with Crippen LogP contribution in [0.15, 0.2) is 24.8 Å². The molecule has 1 spiro atoms. The summed E-state index contributed by atoms with van der Waals surface area (Å²) in [7, 11) is 0. The lowest BCUT2D eigenvalue weighted by Gasteiger charge is -2.58. The summed E-state index contributed by atoms with van der Waals surface area (Å²) in [6.45, 7) is 6.98. The molecule has 4 rings (SSSR count). The molecule has 1 N–H and O–H groups in total. The zero-order valence-corrected chi connectivity index (χ0v) is 15.2. The average molecular weight is 357 g/mol. The van der Waals surface area contributed by atoms with Gasteiger partial charge in [-0.15, -0.1) is 0 Å². The molecule has 138 valence electrons. The Hall–Kier alpha value is -2.64. The van der Waals surface area contributed by atoms with Gasteiger partial charge in [0, 0.05) is 36.9 Å². The molecule has 1 aliphatic carbocycles. The molecular weight excluding hydrogens is 334 g/mol. The summed E-state index contributed by atoms with van der Waals surface area (Å²) in [6.07, 6.45) is 8.00. The second kappa shape index (κ2) is 5.69. The van der Waals surface area contributed by atoms with E-state index in [1.165, 1.54) is 0 Å². The van der Waals surface area contributed by atoms with Gasteiger partial charge in [0.2, 0.25) is 0 Å². The van der Waals surface area contributed by atoms with Gasteiger partial charge in [0.25, 0.3) is 5.91 Å². The van der Waals surface area contributed by atoms with Crippen LogP contribution in [0.25, 0.3) is 5.52 Å². The van der Waals surface area contributed by atoms with Crippen LogP contribution in [0, 0.1) is 5.41 Å². The Bertz CT molecular complexity index is 855. The summed E-state index contributed by atoms with van der Waals surface area (Å²) < 4.78 is 6.94. The number of aromatic nitrogens is 3. The van der Waals surface area contributed by atoms with Crippen molar-refractivity contribution in [3.05, 3.63) is 30.4 Å². The molecule has 26 heavy (non-hydrogen) atoms. The van der Waals surface area contributed by atoms with Gasteiger partial charge in [-0.1, -0.05) is 0 Å². The van der Waals surface area contributed by atoms with E-state index in [2.05, 4.69) is 15.4 Å². The number of carbonyl (C=O) groups is 2. The Morgan fingerprint density at radius 3 is 2.69 bits per heavy atom. The van der Waals surface area contributed by atoms with E-state index >= 15 is 0 Å². The Morgan fingerprint density at radius 2 is 2.00 bits per heavy atom. The van der Waals surface area contributed by atoms with Crippen LogP contribution in [0.2, 0.25) is 0 Å². The van der Waals surface area contributed by atoms with Crippen molar-refractivity contribution in [1.82, 2.24) is 24.8 Å². The molecule has 0 radical (unpaired) electrons. The predicted molar refractivity (Wildman–Crippen MR) is 93.7 cm³/mol. The monoisotopic (exact) mass is 357 g/mol. The van der Waals surface area contributed by atoms with Gasteiger partial charge in [-0.25, -0.2) is 9.31 Å². The smallest absolute Gasteiger partial charge is 0.407 e. The number of nitrogens with zero attached hydrogens (tertiary/aromatic N) is 4. The number of fused-ring (bicyclic) bond motifs is 1. The van der Waals surface area contributed by atoms with Crippen molar-refractivity contribution >= 4 is 17.5 Å². The van der Waals surface area contributed by atoms with Crippen molar-refractivity contribution in [3.63, 3.8) is 0 Å². The first-order valence-corrected chi connectivity index (χ1v) is 8.81. The normalized spacial score (nSPS) is 19.1. The summed E-state index contributed by atoms with van der Waals surface area (Å²) in [6, 6.07) is 0.128. The van der Waals surface area contributed by atoms with E-state index in [-0.39, 0.29) is 23.5 Å². The van der Waals surface area contributed by atoms with Gasteiger partial charge in [-0.05, 0) is 33.6 Å². The Labute approximate surface area is 151 Å². The van der Waals surface area contributed by atoms with Crippen molar-refractivity contribution in [3.8, 4) is 0 Å². The Kier molecular flexibility index (Phi) is 3.68. The van der Waals surface area contributed by atoms with Crippen LogP contribution in [0.1, 0.15) is 44.0 Å². The van der Waals surface area contributed by atoms with Gasteiger partial charge in [0.15, 0.2) is 0 Å². The predicted octanol–water partition coefficient (Wildman–Crippen LogP) is 1.86. The molecule has 2 aromatic rings. The third-order valence-electron chi connectivity index (χ3n) is 4.97. The first kappa shape index (κ1) is 16.8. The van der Waals surface area contributed by atoms with Crippen molar-refractivity contribution in [2.24, 2.45) is 5.41 Å². The molecule has 2 amide bonds. The number of rotatable bonds is 2. The quantitative estimate of drug-likeness (QED) is 0.886. The van der Waals surface area contributed by atoms with Crippen LogP contribution in [0.5, 0.6) is 0 Å². The summed E-state index contributed by atoms with van der Waals surface area (Å²) in [4.78, 5) is 30.4. The molecule has 1 aliphatic heterocycles.